The van der Waals surface area contributed by atoms with Gasteiger partial charge in [0.05, 0.1) is 0 Å². The number of carbonyl (C=O) groups excluding carboxylic acids is 2. The van der Waals surface area contributed by atoms with Gasteiger partial charge in [0, 0.05) is 32.0 Å². The Labute approximate surface area is 105 Å². The molecule has 0 unspecified atom stereocenters. The Balaban J connectivity index is 3.90. The second-order valence-corrected chi connectivity index (χ2v) is 5.92. The molecule has 0 aliphatic heterocycles. The highest BCUT2D eigenvalue weighted by molar-refractivity contribution is 5.82. The van der Waals surface area contributed by atoms with Crippen molar-refractivity contribution >= 4 is 11.8 Å². The molecule has 0 aliphatic carbocycles. The monoisotopic (exact) mass is 242 g/mol. The first kappa shape index (κ1) is 15.9. The predicted molar refractivity (Wildman–Crippen MR) is 69.6 cm³/mol. The van der Waals surface area contributed by atoms with Gasteiger partial charge in [0.2, 0.25) is 11.8 Å². The number of carbonyl (C=O) groups is 2. The largest absolute Gasteiger partial charge is 0.355 e. The number of nitrogens with zero attached hydrogens (tertiary/aromatic N) is 1. The summed E-state index contributed by atoms with van der Waals surface area (Å²) in [5.74, 6) is 0.526. The van der Waals surface area contributed by atoms with Gasteiger partial charge in [-0.3, -0.25) is 9.59 Å². The number of rotatable bonds is 5. The summed E-state index contributed by atoms with van der Waals surface area (Å²) in [6.45, 7) is 10.9. The van der Waals surface area contributed by atoms with E-state index in [9.17, 15) is 9.59 Å². The van der Waals surface area contributed by atoms with Gasteiger partial charge in [0.25, 0.3) is 0 Å². The van der Waals surface area contributed by atoms with Crippen molar-refractivity contribution in [1.29, 1.82) is 0 Å². The highest BCUT2D eigenvalue weighted by atomic mass is 16.2. The molecule has 0 fully saturated rings. The lowest BCUT2D eigenvalue weighted by Gasteiger charge is -2.21. The number of amides is 2. The quantitative estimate of drug-likeness (QED) is 0.797. The molecular weight excluding hydrogens is 216 g/mol. The lowest BCUT2D eigenvalue weighted by Crippen LogP contribution is -2.38. The molecule has 0 rings (SSSR count). The molecule has 0 aromatic rings. The summed E-state index contributed by atoms with van der Waals surface area (Å²) in [5.41, 5.74) is -0.396. The second-order valence-electron chi connectivity index (χ2n) is 5.92. The van der Waals surface area contributed by atoms with Crippen molar-refractivity contribution in [2.24, 2.45) is 11.3 Å². The van der Waals surface area contributed by atoms with Crippen LogP contribution >= 0.6 is 0 Å². The number of nitrogens with one attached hydrogen (secondary N) is 1. The van der Waals surface area contributed by atoms with E-state index in [0.717, 1.165) is 6.54 Å². The smallest absolute Gasteiger partial charge is 0.225 e. The van der Waals surface area contributed by atoms with Crippen molar-refractivity contribution < 1.29 is 9.59 Å². The Morgan fingerprint density at radius 2 is 1.76 bits per heavy atom. The lowest BCUT2D eigenvalue weighted by molar-refractivity contribution is -0.131. The van der Waals surface area contributed by atoms with Crippen molar-refractivity contribution in [3.8, 4) is 0 Å². The Bertz CT molecular complexity index is 267. The molecule has 0 atom stereocenters. The van der Waals surface area contributed by atoms with Crippen LogP contribution in [0.3, 0.4) is 0 Å². The fourth-order valence-electron chi connectivity index (χ4n) is 1.39. The van der Waals surface area contributed by atoms with Crippen molar-refractivity contribution in [2.75, 3.05) is 20.1 Å². The minimum atomic E-state index is -0.396. The molecular formula is C13H26N2O2. The summed E-state index contributed by atoms with van der Waals surface area (Å²) in [6.07, 6.45) is 0.366. The summed E-state index contributed by atoms with van der Waals surface area (Å²) in [7, 11) is 1.80. The van der Waals surface area contributed by atoms with E-state index in [2.05, 4.69) is 19.2 Å². The molecule has 0 aliphatic rings. The number of hydrogen-bond donors (Lipinski definition) is 1. The summed E-state index contributed by atoms with van der Waals surface area (Å²) < 4.78 is 0. The molecule has 2 amide bonds. The Hall–Kier alpha value is -1.06. The van der Waals surface area contributed by atoms with Crippen molar-refractivity contribution in [3.63, 3.8) is 0 Å². The zero-order valence-corrected chi connectivity index (χ0v) is 12.0. The van der Waals surface area contributed by atoms with Gasteiger partial charge in [0.15, 0.2) is 0 Å². The van der Waals surface area contributed by atoms with Crippen LogP contribution in [0.15, 0.2) is 0 Å². The molecule has 0 aromatic heterocycles. The molecule has 0 bridgehead atoms. The van der Waals surface area contributed by atoms with Crippen LogP contribution in [-0.2, 0) is 9.59 Å². The summed E-state index contributed by atoms with van der Waals surface area (Å²) in [5, 5.41) is 2.78. The fourth-order valence-corrected chi connectivity index (χ4v) is 1.39. The Morgan fingerprint density at radius 3 is 2.18 bits per heavy atom. The zero-order chi connectivity index (χ0) is 13.6. The number of hydrogen-bond acceptors (Lipinski definition) is 2. The highest BCUT2D eigenvalue weighted by Crippen LogP contribution is 2.12. The predicted octanol–water partition coefficient (Wildman–Crippen LogP) is 1.65. The molecule has 0 heterocycles. The van der Waals surface area contributed by atoms with Crippen LogP contribution in [0.5, 0.6) is 0 Å². The molecule has 0 radical (unpaired) electrons. The van der Waals surface area contributed by atoms with Crippen LogP contribution in [0.1, 0.15) is 41.0 Å². The summed E-state index contributed by atoms with van der Waals surface area (Å²) in [4.78, 5) is 25.0. The average Bonchev–Trinajstić information content (AvgIpc) is 2.14. The Kier molecular flexibility index (Phi) is 6.21. The fraction of sp³-hybridized carbons (Fsp3) is 0.846. The van der Waals surface area contributed by atoms with Gasteiger partial charge in [-0.25, -0.2) is 0 Å². The maximum atomic E-state index is 11.7. The molecule has 100 valence electrons. The molecule has 0 spiro atoms. The van der Waals surface area contributed by atoms with Crippen LogP contribution in [-0.4, -0.2) is 36.9 Å². The van der Waals surface area contributed by atoms with E-state index in [1.807, 2.05) is 20.8 Å². The van der Waals surface area contributed by atoms with Crippen molar-refractivity contribution in [2.45, 2.75) is 41.0 Å². The van der Waals surface area contributed by atoms with Crippen LogP contribution in [0, 0.1) is 11.3 Å². The summed E-state index contributed by atoms with van der Waals surface area (Å²) in [6, 6.07) is 0. The maximum absolute atomic E-state index is 11.7. The third-order valence-corrected chi connectivity index (χ3v) is 2.37. The molecule has 4 heteroatoms. The van der Waals surface area contributed by atoms with E-state index in [-0.39, 0.29) is 11.8 Å². The lowest BCUT2D eigenvalue weighted by atomic mass is 9.96. The third-order valence-electron chi connectivity index (χ3n) is 2.37. The molecule has 1 N–H and O–H groups in total. The standard InChI is InChI=1S/C13H26N2O2/c1-10(2)9-15(6)11(16)7-8-14-12(17)13(3,4)5/h10H,7-9H2,1-6H3,(H,14,17). The van der Waals surface area contributed by atoms with Crippen LogP contribution in [0.2, 0.25) is 0 Å². The average molecular weight is 242 g/mol. The van der Waals surface area contributed by atoms with E-state index in [1.165, 1.54) is 0 Å². The van der Waals surface area contributed by atoms with E-state index in [1.54, 1.807) is 11.9 Å². The van der Waals surface area contributed by atoms with E-state index in [0.29, 0.717) is 18.9 Å². The van der Waals surface area contributed by atoms with Gasteiger partial charge in [-0.05, 0) is 5.92 Å². The first-order valence-electron chi connectivity index (χ1n) is 6.17. The van der Waals surface area contributed by atoms with Gasteiger partial charge in [-0.1, -0.05) is 34.6 Å². The molecule has 17 heavy (non-hydrogen) atoms. The third kappa shape index (κ3) is 6.97. The van der Waals surface area contributed by atoms with Crippen LogP contribution in [0.25, 0.3) is 0 Å². The van der Waals surface area contributed by atoms with Gasteiger partial charge in [-0.2, -0.15) is 0 Å². The van der Waals surface area contributed by atoms with E-state index >= 15 is 0 Å². The maximum Gasteiger partial charge on any atom is 0.225 e. The van der Waals surface area contributed by atoms with Gasteiger partial charge in [-0.15, -0.1) is 0 Å². The van der Waals surface area contributed by atoms with Crippen molar-refractivity contribution in [3.05, 3.63) is 0 Å². The highest BCUT2D eigenvalue weighted by Gasteiger charge is 2.20. The summed E-state index contributed by atoms with van der Waals surface area (Å²) >= 11 is 0. The van der Waals surface area contributed by atoms with Gasteiger partial charge in [0.1, 0.15) is 0 Å². The minimum absolute atomic E-state index is 0.0168. The first-order valence-corrected chi connectivity index (χ1v) is 6.17. The first-order chi connectivity index (χ1) is 7.64. The van der Waals surface area contributed by atoms with E-state index < -0.39 is 5.41 Å². The van der Waals surface area contributed by atoms with Crippen molar-refractivity contribution in [1.82, 2.24) is 10.2 Å². The SMILES string of the molecule is CC(C)CN(C)C(=O)CCNC(=O)C(C)(C)C. The normalized spacial score (nSPS) is 11.5. The van der Waals surface area contributed by atoms with Crippen LogP contribution < -0.4 is 5.32 Å². The molecule has 4 nitrogen and oxygen atoms in total. The van der Waals surface area contributed by atoms with Gasteiger partial charge >= 0.3 is 0 Å². The Morgan fingerprint density at radius 1 is 1.24 bits per heavy atom. The van der Waals surface area contributed by atoms with E-state index in [4.69, 9.17) is 0 Å². The molecule has 0 aromatic carbocycles. The second kappa shape index (κ2) is 6.62. The topological polar surface area (TPSA) is 49.4 Å². The zero-order valence-electron chi connectivity index (χ0n) is 12.0. The minimum Gasteiger partial charge on any atom is -0.355 e. The van der Waals surface area contributed by atoms with Gasteiger partial charge < -0.3 is 10.2 Å². The molecule has 0 saturated heterocycles. The molecule has 0 saturated carbocycles. The van der Waals surface area contributed by atoms with Crippen LogP contribution in [0.4, 0.5) is 0 Å².